The van der Waals surface area contributed by atoms with Crippen molar-refractivity contribution in [2.75, 3.05) is 45.9 Å². The standard InChI is InChI=1S/C14H28N2O3/c17-13-3-1-12(2-4-13)9-15-10-14(18)11-16-5-7-19-8-6-16/h12-15,17-18H,1-11H2. The van der Waals surface area contributed by atoms with Gasteiger partial charge in [0.05, 0.1) is 25.4 Å². The number of morpholine rings is 1. The molecule has 1 saturated heterocycles. The van der Waals surface area contributed by atoms with Crippen LogP contribution in [0.25, 0.3) is 0 Å². The number of nitrogens with zero attached hydrogens (tertiary/aromatic N) is 1. The van der Waals surface area contributed by atoms with Crippen LogP contribution in [-0.2, 0) is 4.74 Å². The van der Waals surface area contributed by atoms with Crippen molar-refractivity contribution in [3.63, 3.8) is 0 Å². The minimum atomic E-state index is -0.299. The van der Waals surface area contributed by atoms with E-state index in [2.05, 4.69) is 10.2 Å². The first-order chi connectivity index (χ1) is 9.24. The van der Waals surface area contributed by atoms with E-state index in [1.807, 2.05) is 0 Å². The van der Waals surface area contributed by atoms with Gasteiger partial charge in [-0.2, -0.15) is 0 Å². The topological polar surface area (TPSA) is 65.0 Å². The molecule has 2 aliphatic rings. The molecular formula is C14H28N2O3. The molecule has 0 amide bonds. The molecule has 2 fully saturated rings. The van der Waals surface area contributed by atoms with Gasteiger partial charge >= 0.3 is 0 Å². The maximum absolute atomic E-state index is 9.99. The van der Waals surface area contributed by atoms with Crippen LogP contribution in [0.3, 0.4) is 0 Å². The molecule has 0 spiro atoms. The molecule has 5 heteroatoms. The number of rotatable bonds is 6. The lowest BCUT2D eigenvalue weighted by Crippen LogP contribution is -2.44. The van der Waals surface area contributed by atoms with E-state index in [0.29, 0.717) is 12.5 Å². The summed E-state index contributed by atoms with van der Waals surface area (Å²) < 4.78 is 5.29. The summed E-state index contributed by atoms with van der Waals surface area (Å²) in [4.78, 5) is 2.26. The van der Waals surface area contributed by atoms with Gasteiger partial charge in [0.25, 0.3) is 0 Å². The van der Waals surface area contributed by atoms with E-state index in [1.165, 1.54) is 0 Å². The van der Waals surface area contributed by atoms with E-state index in [-0.39, 0.29) is 12.2 Å². The Balaban J connectivity index is 1.52. The van der Waals surface area contributed by atoms with Crippen molar-refractivity contribution in [2.45, 2.75) is 37.9 Å². The molecule has 1 heterocycles. The highest BCUT2D eigenvalue weighted by Gasteiger charge is 2.19. The molecule has 3 N–H and O–H groups in total. The number of aliphatic hydroxyl groups is 2. The van der Waals surface area contributed by atoms with Crippen molar-refractivity contribution < 1.29 is 14.9 Å². The van der Waals surface area contributed by atoms with E-state index in [0.717, 1.165) is 65.1 Å². The summed E-state index contributed by atoms with van der Waals surface area (Å²) in [6, 6.07) is 0. The third kappa shape index (κ3) is 5.75. The normalized spacial score (nSPS) is 31.3. The van der Waals surface area contributed by atoms with Gasteiger partial charge in [-0.25, -0.2) is 0 Å². The van der Waals surface area contributed by atoms with Gasteiger partial charge in [0.1, 0.15) is 0 Å². The second kappa shape index (κ2) is 8.17. The molecule has 0 aromatic carbocycles. The summed E-state index contributed by atoms with van der Waals surface area (Å²) in [5.41, 5.74) is 0. The third-order valence-electron chi connectivity index (χ3n) is 4.20. The van der Waals surface area contributed by atoms with Gasteiger partial charge < -0.3 is 20.3 Å². The zero-order chi connectivity index (χ0) is 13.5. The van der Waals surface area contributed by atoms with Gasteiger partial charge in [-0.05, 0) is 38.1 Å². The maximum atomic E-state index is 9.99. The minimum absolute atomic E-state index is 0.0804. The SMILES string of the molecule is OC1CCC(CNCC(O)CN2CCOCC2)CC1. The number of ether oxygens (including phenoxy) is 1. The molecule has 1 aliphatic carbocycles. The van der Waals surface area contributed by atoms with Crippen molar-refractivity contribution in [3.8, 4) is 0 Å². The van der Waals surface area contributed by atoms with E-state index in [4.69, 9.17) is 4.74 Å². The van der Waals surface area contributed by atoms with E-state index < -0.39 is 0 Å². The second-order valence-electron chi connectivity index (χ2n) is 5.90. The summed E-state index contributed by atoms with van der Waals surface area (Å²) in [5, 5.41) is 22.8. The fourth-order valence-corrected chi connectivity index (χ4v) is 2.95. The van der Waals surface area contributed by atoms with E-state index in [1.54, 1.807) is 0 Å². The summed E-state index contributed by atoms with van der Waals surface area (Å²) in [6.45, 7) is 5.79. The van der Waals surface area contributed by atoms with Gasteiger partial charge in [-0.3, -0.25) is 4.90 Å². The van der Waals surface area contributed by atoms with Crippen molar-refractivity contribution in [1.82, 2.24) is 10.2 Å². The zero-order valence-electron chi connectivity index (χ0n) is 11.8. The Kier molecular flexibility index (Phi) is 6.53. The molecule has 1 atom stereocenters. The van der Waals surface area contributed by atoms with Crippen molar-refractivity contribution >= 4 is 0 Å². The molecule has 0 aromatic rings. The zero-order valence-corrected chi connectivity index (χ0v) is 11.8. The molecule has 0 aromatic heterocycles. The van der Waals surface area contributed by atoms with E-state index >= 15 is 0 Å². The van der Waals surface area contributed by atoms with Gasteiger partial charge in [-0.15, -0.1) is 0 Å². The summed E-state index contributed by atoms with van der Waals surface area (Å²) >= 11 is 0. The molecule has 112 valence electrons. The lowest BCUT2D eigenvalue weighted by Gasteiger charge is -2.29. The summed E-state index contributed by atoms with van der Waals surface area (Å²) in [7, 11) is 0. The number of hydrogen-bond donors (Lipinski definition) is 3. The first-order valence-electron chi connectivity index (χ1n) is 7.61. The Labute approximate surface area is 115 Å². The van der Waals surface area contributed by atoms with Crippen LogP contribution in [0.5, 0.6) is 0 Å². The van der Waals surface area contributed by atoms with Gasteiger partial charge in [0, 0.05) is 26.2 Å². The second-order valence-corrected chi connectivity index (χ2v) is 5.90. The van der Waals surface area contributed by atoms with Gasteiger partial charge in [0.15, 0.2) is 0 Å². The molecule has 0 bridgehead atoms. The average molecular weight is 272 g/mol. The first-order valence-corrected chi connectivity index (χ1v) is 7.61. The Morgan fingerprint density at radius 2 is 1.84 bits per heavy atom. The Bertz CT molecular complexity index is 239. The lowest BCUT2D eigenvalue weighted by molar-refractivity contribution is 0.0146. The van der Waals surface area contributed by atoms with Crippen LogP contribution in [0.1, 0.15) is 25.7 Å². The van der Waals surface area contributed by atoms with Gasteiger partial charge in [-0.1, -0.05) is 0 Å². The molecule has 19 heavy (non-hydrogen) atoms. The quantitative estimate of drug-likeness (QED) is 0.626. The van der Waals surface area contributed by atoms with Crippen LogP contribution in [-0.4, -0.2) is 73.3 Å². The lowest BCUT2D eigenvalue weighted by atomic mass is 9.87. The fraction of sp³-hybridized carbons (Fsp3) is 1.00. The Hall–Kier alpha value is -0.200. The predicted octanol–water partition coefficient (Wildman–Crippen LogP) is -0.180. The Morgan fingerprint density at radius 1 is 1.16 bits per heavy atom. The van der Waals surface area contributed by atoms with Crippen LogP contribution in [0.2, 0.25) is 0 Å². The van der Waals surface area contributed by atoms with Crippen molar-refractivity contribution in [1.29, 1.82) is 0 Å². The molecule has 1 saturated carbocycles. The van der Waals surface area contributed by atoms with Crippen molar-refractivity contribution in [3.05, 3.63) is 0 Å². The molecular weight excluding hydrogens is 244 g/mol. The first kappa shape index (κ1) is 15.2. The molecule has 0 radical (unpaired) electrons. The minimum Gasteiger partial charge on any atom is -0.393 e. The van der Waals surface area contributed by atoms with Crippen LogP contribution in [0.15, 0.2) is 0 Å². The van der Waals surface area contributed by atoms with Gasteiger partial charge in [0.2, 0.25) is 0 Å². The average Bonchev–Trinajstić information content (AvgIpc) is 2.42. The highest BCUT2D eigenvalue weighted by atomic mass is 16.5. The van der Waals surface area contributed by atoms with Crippen molar-refractivity contribution in [2.24, 2.45) is 5.92 Å². The molecule has 1 unspecified atom stereocenters. The number of hydrogen-bond acceptors (Lipinski definition) is 5. The maximum Gasteiger partial charge on any atom is 0.0791 e. The number of nitrogens with one attached hydrogen (secondary N) is 1. The van der Waals surface area contributed by atoms with Crippen LogP contribution in [0.4, 0.5) is 0 Å². The smallest absolute Gasteiger partial charge is 0.0791 e. The monoisotopic (exact) mass is 272 g/mol. The van der Waals surface area contributed by atoms with Crippen LogP contribution < -0.4 is 5.32 Å². The third-order valence-corrected chi connectivity index (χ3v) is 4.20. The van der Waals surface area contributed by atoms with E-state index in [9.17, 15) is 10.2 Å². The highest BCUT2D eigenvalue weighted by Crippen LogP contribution is 2.23. The molecule has 2 rings (SSSR count). The molecule has 1 aliphatic heterocycles. The fourth-order valence-electron chi connectivity index (χ4n) is 2.95. The summed E-state index contributed by atoms with van der Waals surface area (Å²) in [6.07, 6.45) is 3.70. The van der Waals surface area contributed by atoms with Crippen LogP contribution >= 0.6 is 0 Å². The predicted molar refractivity (Wildman–Crippen MR) is 74.1 cm³/mol. The Morgan fingerprint density at radius 3 is 2.53 bits per heavy atom. The number of β-amino-alcohol motifs (C(OH)–C–C–N with tert-alkyl or cyclic N) is 1. The summed E-state index contributed by atoms with van der Waals surface area (Å²) in [5.74, 6) is 0.666. The highest BCUT2D eigenvalue weighted by molar-refractivity contribution is 4.75. The van der Waals surface area contributed by atoms with Crippen LogP contribution in [0, 0.1) is 5.92 Å². The number of aliphatic hydroxyl groups excluding tert-OH is 2. The largest absolute Gasteiger partial charge is 0.393 e. The molecule has 5 nitrogen and oxygen atoms in total.